The van der Waals surface area contributed by atoms with Crippen molar-refractivity contribution in [3.63, 3.8) is 0 Å². The Bertz CT molecular complexity index is 464. The van der Waals surface area contributed by atoms with Gasteiger partial charge < -0.3 is 14.6 Å². The predicted octanol–water partition coefficient (Wildman–Crippen LogP) is 2.80. The summed E-state index contributed by atoms with van der Waals surface area (Å²) in [6, 6.07) is 1.42. The monoisotopic (exact) mass is 293 g/mol. The summed E-state index contributed by atoms with van der Waals surface area (Å²) in [6.45, 7) is 6.79. The van der Waals surface area contributed by atoms with E-state index < -0.39 is 5.60 Å². The lowest BCUT2D eigenvalue weighted by Gasteiger charge is -2.28. The zero-order chi connectivity index (χ0) is 14.9. The van der Waals surface area contributed by atoms with E-state index >= 15 is 0 Å². The fourth-order valence-electron chi connectivity index (χ4n) is 3.78. The topological polar surface area (TPSA) is 60.2 Å². The molecule has 1 N–H and O–H groups in total. The normalized spacial score (nSPS) is 31.3. The van der Waals surface area contributed by atoms with Crippen molar-refractivity contribution in [1.82, 2.24) is 15.5 Å². The van der Waals surface area contributed by atoms with E-state index in [-0.39, 0.29) is 0 Å². The van der Waals surface area contributed by atoms with E-state index in [1.54, 1.807) is 0 Å². The fraction of sp³-hybridized carbons (Fsp3) is 0.875. The first-order valence-electron chi connectivity index (χ1n) is 8.36. The maximum absolute atomic E-state index is 5.82. The van der Waals surface area contributed by atoms with Crippen LogP contribution in [0, 0.1) is 5.92 Å². The molecule has 0 aliphatic carbocycles. The minimum Gasteiger partial charge on any atom is -0.367 e. The summed E-state index contributed by atoms with van der Waals surface area (Å²) in [7, 11) is 0. The van der Waals surface area contributed by atoms with Gasteiger partial charge in [0.25, 0.3) is 0 Å². The molecule has 21 heavy (non-hydrogen) atoms. The highest BCUT2D eigenvalue weighted by Crippen LogP contribution is 2.33. The lowest BCUT2D eigenvalue weighted by Crippen LogP contribution is -2.38. The van der Waals surface area contributed by atoms with Crippen LogP contribution in [0.25, 0.3) is 0 Å². The third-order valence-electron chi connectivity index (χ3n) is 5.11. The minimum absolute atomic E-state index is 0.427. The smallest absolute Gasteiger partial charge is 0.227 e. The molecular formula is C16H27N3O2. The van der Waals surface area contributed by atoms with E-state index in [4.69, 9.17) is 9.26 Å². The number of fused-ring (bicyclic) bond motifs is 2. The second kappa shape index (κ2) is 6.05. The molecule has 3 atom stereocenters. The van der Waals surface area contributed by atoms with Gasteiger partial charge >= 0.3 is 0 Å². The number of piperidine rings is 1. The molecule has 5 nitrogen and oxygen atoms in total. The average Bonchev–Trinajstić information content (AvgIpc) is 3.06. The van der Waals surface area contributed by atoms with Crippen LogP contribution in [0.1, 0.15) is 64.6 Å². The molecule has 2 aliphatic heterocycles. The quantitative estimate of drug-likeness (QED) is 0.874. The first-order valence-corrected chi connectivity index (χ1v) is 8.36. The number of hydrogen-bond donors (Lipinski definition) is 1. The highest BCUT2D eigenvalue weighted by molar-refractivity contribution is 5.01. The van der Waals surface area contributed by atoms with Crippen LogP contribution in [0.4, 0.5) is 0 Å². The molecule has 2 fully saturated rings. The van der Waals surface area contributed by atoms with Crippen LogP contribution < -0.4 is 5.32 Å². The van der Waals surface area contributed by atoms with Gasteiger partial charge in [-0.25, -0.2) is 0 Å². The predicted molar refractivity (Wildman–Crippen MR) is 79.9 cm³/mol. The molecule has 5 heteroatoms. The van der Waals surface area contributed by atoms with Gasteiger partial charge in [0.1, 0.15) is 5.60 Å². The van der Waals surface area contributed by atoms with Crippen LogP contribution in [-0.4, -0.2) is 28.8 Å². The molecule has 0 radical (unpaired) electrons. The van der Waals surface area contributed by atoms with Crippen LogP contribution in [0.5, 0.6) is 0 Å². The maximum Gasteiger partial charge on any atom is 0.227 e. The molecular weight excluding hydrogens is 266 g/mol. The van der Waals surface area contributed by atoms with Crippen LogP contribution in [-0.2, 0) is 16.8 Å². The Morgan fingerprint density at radius 1 is 1.29 bits per heavy atom. The summed E-state index contributed by atoms with van der Waals surface area (Å²) >= 11 is 0. The summed E-state index contributed by atoms with van der Waals surface area (Å²) in [5, 5.41) is 7.84. The van der Waals surface area contributed by atoms with Crippen molar-refractivity contribution >= 4 is 0 Å². The SMILES string of the molecule is CCOC(C)(CC)c1noc(CC2CC3CCC(C2)N3)n1. The van der Waals surface area contributed by atoms with E-state index in [9.17, 15) is 0 Å². The number of rotatable bonds is 6. The average molecular weight is 293 g/mol. The van der Waals surface area contributed by atoms with Crippen molar-refractivity contribution in [2.75, 3.05) is 6.61 Å². The number of nitrogens with one attached hydrogen (secondary N) is 1. The Morgan fingerprint density at radius 2 is 2.00 bits per heavy atom. The van der Waals surface area contributed by atoms with E-state index in [2.05, 4.69) is 22.4 Å². The Morgan fingerprint density at radius 3 is 2.62 bits per heavy atom. The standard InChI is InChI=1S/C16H27N3O2/c1-4-16(3,20-5-2)15-18-14(21-19-15)10-11-8-12-6-7-13(9-11)17-12/h11-13,17H,4-10H2,1-3H3. The zero-order valence-electron chi connectivity index (χ0n) is 13.4. The van der Waals surface area contributed by atoms with Crippen molar-refractivity contribution in [1.29, 1.82) is 0 Å². The molecule has 2 aliphatic rings. The van der Waals surface area contributed by atoms with Gasteiger partial charge in [-0.15, -0.1) is 0 Å². The van der Waals surface area contributed by atoms with Gasteiger partial charge in [-0.1, -0.05) is 12.1 Å². The van der Waals surface area contributed by atoms with Crippen molar-refractivity contribution in [3.05, 3.63) is 11.7 Å². The van der Waals surface area contributed by atoms with Gasteiger partial charge in [0.2, 0.25) is 11.7 Å². The van der Waals surface area contributed by atoms with Crippen molar-refractivity contribution in [3.8, 4) is 0 Å². The molecule has 1 aromatic rings. The molecule has 2 saturated heterocycles. The molecule has 0 aromatic carbocycles. The summed E-state index contributed by atoms with van der Waals surface area (Å²) in [5.74, 6) is 2.14. The summed E-state index contributed by atoms with van der Waals surface area (Å²) in [4.78, 5) is 4.61. The van der Waals surface area contributed by atoms with Crippen molar-refractivity contribution in [2.24, 2.45) is 5.92 Å². The van der Waals surface area contributed by atoms with Crippen LogP contribution in [0.3, 0.4) is 0 Å². The van der Waals surface area contributed by atoms with Crippen LogP contribution >= 0.6 is 0 Å². The third-order valence-corrected chi connectivity index (χ3v) is 5.11. The number of aromatic nitrogens is 2. The molecule has 3 rings (SSSR count). The Balaban J connectivity index is 1.65. The highest BCUT2D eigenvalue weighted by atomic mass is 16.5. The van der Waals surface area contributed by atoms with E-state index in [0.717, 1.165) is 18.7 Å². The fourth-order valence-corrected chi connectivity index (χ4v) is 3.78. The second-order valence-corrected chi connectivity index (χ2v) is 6.71. The molecule has 0 amide bonds. The number of nitrogens with zero attached hydrogens (tertiary/aromatic N) is 2. The molecule has 1 aromatic heterocycles. The Kier molecular flexibility index (Phi) is 4.31. The lowest BCUT2D eigenvalue weighted by atomic mass is 9.90. The van der Waals surface area contributed by atoms with Gasteiger partial charge in [-0.2, -0.15) is 4.98 Å². The van der Waals surface area contributed by atoms with Crippen molar-refractivity contribution in [2.45, 2.75) is 77.0 Å². The van der Waals surface area contributed by atoms with E-state index in [0.29, 0.717) is 30.4 Å². The van der Waals surface area contributed by atoms with Gasteiger partial charge in [-0.3, -0.25) is 0 Å². The molecule has 0 spiro atoms. The second-order valence-electron chi connectivity index (χ2n) is 6.71. The zero-order valence-corrected chi connectivity index (χ0v) is 13.4. The highest BCUT2D eigenvalue weighted by Gasteiger charge is 2.35. The van der Waals surface area contributed by atoms with Crippen LogP contribution in [0.2, 0.25) is 0 Å². The summed E-state index contributed by atoms with van der Waals surface area (Å²) < 4.78 is 11.3. The van der Waals surface area contributed by atoms with Gasteiger partial charge in [0, 0.05) is 25.1 Å². The Hall–Kier alpha value is -0.940. The maximum atomic E-state index is 5.82. The van der Waals surface area contributed by atoms with E-state index in [1.165, 1.54) is 25.7 Å². The van der Waals surface area contributed by atoms with Crippen molar-refractivity contribution < 1.29 is 9.26 Å². The van der Waals surface area contributed by atoms with Crippen LogP contribution in [0.15, 0.2) is 4.52 Å². The number of ether oxygens (including phenoxy) is 1. The molecule has 0 saturated carbocycles. The minimum atomic E-state index is -0.427. The summed E-state index contributed by atoms with van der Waals surface area (Å²) in [6.07, 6.45) is 6.89. The molecule has 3 unspecified atom stereocenters. The molecule has 3 heterocycles. The lowest BCUT2D eigenvalue weighted by molar-refractivity contribution is -0.0403. The largest absolute Gasteiger partial charge is 0.367 e. The van der Waals surface area contributed by atoms with Gasteiger partial charge in [0.15, 0.2) is 0 Å². The van der Waals surface area contributed by atoms with Gasteiger partial charge in [0.05, 0.1) is 0 Å². The third kappa shape index (κ3) is 3.14. The summed E-state index contributed by atoms with van der Waals surface area (Å²) in [5.41, 5.74) is -0.427. The molecule has 2 bridgehead atoms. The van der Waals surface area contributed by atoms with Gasteiger partial charge in [-0.05, 0) is 51.9 Å². The first-order chi connectivity index (χ1) is 10.1. The Labute approximate surface area is 126 Å². The van der Waals surface area contributed by atoms with E-state index in [1.807, 2.05) is 13.8 Å². The number of hydrogen-bond acceptors (Lipinski definition) is 5. The first kappa shape index (κ1) is 15.0. The molecule has 118 valence electrons.